The Bertz CT molecular complexity index is 1850. The summed E-state index contributed by atoms with van der Waals surface area (Å²) in [5.74, 6) is -2.83. The van der Waals surface area contributed by atoms with Crippen LogP contribution < -0.4 is 0 Å². The lowest BCUT2D eigenvalue weighted by Crippen LogP contribution is -2.57. The number of fused-ring (bicyclic) bond motifs is 3. The molecule has 402 valence electrons. The van der Waals surface area contributed by atoms with Gasteiger partial charge < -0.3 is 42.5 Å². The minimum absolute atomic E-state index is 0.0306. The summed E-state index contributed by atoms with van der Waals surface area (Å²) in [5.41, 5.74) is 0.352. The SMILES string of the molecule is CC[C@@H]1/C=C(\C)C[C@H](C)CC(OC)[C@H]2O[C@@](C)(C[C@@H]2OC)C(=O)[C@@H](O)C(=O)N2CCCC[C@H]2C(=O)OC(/C(C)=C/C2CC[C@@H](O[Si](C)(C)C(C)(C)C)[C@H](OC)C2)[C@@H](C)C(O[Si](C)(C)C(C)(C)C)CC1=O. The van der Waals surface area contributed by atoms with Crippen LogP contribution in [-0.2, 0) is 51.7 Å². The molecule has 4 unspecified atom stereocenters. The van der Waals surface area contributed by atoms with Crippen molar-refractivity contribution in [1.82, 2.24) is 4.90 Å². The van der Waals surface area contributed by atoms with E-state index >= 15 is 0 Å². The monoisotopic (exact) mass is 1020 g/mol. The summed E-state index contributed by atoms with van der Waals surface area (Å²) in [5, 5.41) is 11.6. The number of ether oxygens (including phenoxy) is 5. The number of piperidine rings is 1. The Morgan fingerprint density at radius 3 is 1.97 bits per heavy atom. The third-order valence-electron chi connectivity index (χ3n) is 17.3. The standard InChI is InChI=1S/C55H97NO12Si2/c1-20-39-28-34(2)27-35(3)29-45(63-14)49-46(64-15)33-55(12,66-49)50(59)47(58)51(60)56-26-22-21-23-40(56)52(61)65-48(37(5)43(32-41(39)57)68-70(18,19)54(9,10)11)36(4)30-38-24-25-42(44(31-38)62-13)67-69(16,17)53(6,7)8/h28,30,35,37-40,42-49,58H,20-27,29,31-33H2,1-19H3/b34-28+,36-30+/t35-,37-,38?,39+,40-,42+,43?,44+,45?,46-,47+,48?,49+,55-/m0/s1. The Hall–Kier alpha value is -2.09. The van der Waals surface area contributed by atoms with E-state index in [0.717, 1.165) is 30.4 Å². The van der Waals surface area contributed by atoms with Gasteiger partial charge in [0.1, 0.15) is 29.6 Å². The normalized spacial score (nSPS) is 36.7. The van der Waals surface area contributed by atoms with Gasteiger partial charge >= 0.3 is 5.97 Å². The van der Waals surface area contributed by atoms with Gasteiger partial charge in [0.25, 0.3) is 5.91 Å². The predicted octanol–water partition coefficient (Wildman–Crippen LogP) is 10.3. The first-order chi connectivity index (χ1) is 32.3. The average Bonchev–Trinajstić information content (AvgIpc) is 3.64. The van der Waals surface area contributed by atoms with Crippen LogP contribution in [0.3, 0.4) is 0 Å². The van der Waals surface area contributed by atoms with E-state index in [1.807, 2.05) is 20.8 Å². The van der Waals surface area contributed by atoms with Crippen LogP contribution in [0.5, 0.6) is 0 Å². The predicted molar refractivity (Wildman–Crippen MR) is 280 cm³/mol. The number of amides is 1. The van der Waals surface area contributed by atoms with Crippen LogP contribution in [0, 0.1) is 23.7 Å². The van der Waals surface area contributed by atoms with E-state index in [4.69, 9.17) is 32.5 Å². The highest BCUT2D eigenvalue weighted by Crippen LogP contribution is 2.43. The molecule has 0 spiro atoms. The summed E-state index contributed by atoms with van der Waals surface area (Å²) >= 11 is 0. The lowest BCUT2D eigenvalue weighted by molar-refractivity contribution is -0.172. The van der Waals surface area contributed by atoms with Crippen molar-refractivity contribution in [1.29, 1.82) is 0 Å². The molecule has 3 heterocycles. The lowest BCUT2D eigenvalue weighted by atomic mass is 9.81. The molecule has 0 radical (unpaired) electrons. The topological polar surface area (TPSA) is 156 Å². The number of nitrogens with zero attached hydrogens (tertiary/aromatic N) is 1. The Morgan fingerprint density at radius 2 is 1.41 bits per heavy atom. The van der Waals surface area contributed by atoms with Gasteiger partial charge in [-0.05, 0) is 132 Å². The average molecular weight is 1020 g/mol. The van der Waals surface area contributed by atoms with Gasteiger partial charge in [0.15, 0.2) is 22.7 Å². The second-order valence-electron chi connectivity index (χ2n) is 24.9. The zero-order valence-electron chi connectivity index (χ0n) is 47.0. The summed E-state index contributed by atoms with van der Waals surface area (Å²) in [6, 6.07) is -1.06. The maximum absolute atomic E-state index is 15.0. The van der Waals surface area contributed by atoms with E-state index in [1.165, 1.54) is 4.90 Å². The Kier molecular flexibility index (Phi) is 21.2. The van der Waals surface area contributed by atoms with Crippen molar-refractivity contribution in [2.45, 2.75) is 250 Å². The number of hydrogen-bond acceptors (Lipinski definition) is 12. The van der Waals surface area contributed by atoms with Crippen LogP contribution in [0.25, 0.3) is 0 Å². The Balaban J connectivity index is 1.85. The molecular weight excluding hydrogens is 923 g/mol. The molecule has 13 nitrogen and oxygen atoms in total. The molecule has 4 rings (SSSR count). The third-order valence-corrected chi connectivity index (χ3v) is 26.3. The number of cyclic esters (lactones) is 1. The minimum atomic E-state index is -2.53. The van der Waals surface area contributed by atoms with Crippen molar-refractivity contribution >= 4 is 40.1 Å². The van der Waals surface area contributed by atoms with Crippen LogP contribution >= 0.6 is 0 Å². The number of Topliss-reactive ketones (excluding diaryl/α,β-unsaturated/α-hetero) is 2. The highest BCUT2D eigenvalue weighted by Gasteiger charge is 2.55. The number of carbonyl (C=O) groups excluding carboxylic acids is 4. The number of aliphatic hydroxyl groups is 1. The Morgan fingerprint density at radius 1 is 0.829 bits per heavy atom. The molecule has 1 saturated carbocycles. The number of hydrogen-bond donors (Lipinski definition) is 1. The van der Waals surface area contributed by atoms with Crippen LogP contribution in [-0.4, -0.2) is 138 Å². The number of methoxy groups -OCH3 is 3. The molecule has 1 aliphatic carbocycles. The van der Waals surface area contributed by atoms with Crippen LogP contribution in [0.1, 0.15) is 154 Å². The summed E-state index contributed by atoms with van der Waals surface area (Å²) < 4.78 is 45.5. The smallest absolute Gasteiger partial charge is 0.329 e. The lowest BCUT2D eigenvalue weighted by Gasteiger charge is -2.44. The van der Waals surface area contributed by atoms with Gasteiger partial charge in [-0.3, -0.25) is 14.4 Å². The third kappa shape index (κ3) is 14.6. The van der Waals surface area contributed by atoms with Crippen molar-refractivity contribution in [2.75, 3.05) is 27.9 Å². The fourth-order valence-corrected chi connectivity index (χ4v) is 13.6. The number of carbonyl (C=O) groups is 4. The van der Waals surface area contributed by atoms with Gasteiger partial charge in [0, 0.05) is 52.6 Å². The van der Waals surface area contributed by atoms with E-state index in [1.54, 1.807) is 28.3 Å². The van der Waals surface area contributed by atoms with Crippen LogP contribution in [0.2, 0.25) is 36.3 Å². The first-order valence-corrected chi connectivity index (χ1v) is 32.4. The molecule has 1 N–H and O–H groups in total. The molecule has 3 aliphatic heterocycles. The fraction of sp³-hybridized carbons (Fsp3) is 0.855. The number of ketones is 2. The van der Waals surface area contributed by atoms with Gasteiger partial charge in [0.05, 0.1) is 30.5 Å². The first kappa shape index (κ1) is 60.5. The fourth-order valence-electron chi connectivity index (χ4n) is 10.8. The molecule has 0 aromatic heterocycles. The van der Waals surface area contributed by atoms with Crippen molar-refractivity contribution in [3.63, 3.8) is 0 Å². The second-order valence-corrected chi connectivity index (χ2v) is 34.4. The molecule has 70 heavy (non-hydrogen) atoms. The van der Waals surface area contributed by atoms with Crippen molar-refractivity contribution in [3.8, 4) is 0 Å². The number of esters is 1. The summed E-state index contributed by atoms with van der Waals surface area (Å²) in [6.45, 7) is 34.2. The maximum Gasteiger partial charge on any atom is 0.329 e. The van der Waals surface area contributed by atoms with E-state index < -0.39 is 88.5 Å². The van der Waals surface area contributed by atoms with Crippen LogP contribution in [0.4, 0.5) is 0 Å². The van der Waals surface area contributed by atoms with Gasteiger partial charge in [-0.25, -0.2) is 4.79 Å². The molecule has 3 fully saturated rings. The van der Waals surface area contributed by atoms with Crippen molar-refractivity contribution < 1.29 is 56.8 Å². The number of rotatable bonds is 10. The molecule has 15 heteroatoms. The molecule has 0 aromatic rings. The molecule has 2 bridgehead atoms. The molecule has 0 aromatic carbocycles. The van der Waals surface area contributed by atoms with Crippen LogP contribution in [0.15, 0.2) is 23.3 Å². The highest BCUT2D eigenvalue weighted by molar-refractivity contribution is 6.74. The summed E-state index contributed by atoms with van der Waals surface area (Å²) in [7, 11) is 0.302. The zero-order valence-corrected chi connectivity index (χ0v) is 49.0. The molecule has 4 aliphatic rings. The molecule has 14 atom stereocenters. The second kappa shape index (κ2) is 24.5. The Labute approximate surface area is 425 Å². The van der Waals surface area contributed by atoms with E-state index in [-0.39, 0.29) is 65.2 Å². The minimum Gasteiger partial charge on any atom is -0.456 e. The summed E-state index contributed by atoms with van der Waals surface area (Å²) in [4.78, 5) is 59.9. The van der Waals surface area contributed by atoms with Gasteiger partial charge in [-0.2, -0.15) is 0 Å². The molecule has 1 amide bonds. The first-order valence-electron chi connectivity index (χ1n) is 26.6. The van der Waals surface area contributed by atoms with Gasteiger partial charge in [-0.15, -0.1) is 0 Å². The summed E-state index contributed by atoms with van der Waals surface area (Å²) in [6.07, 6.45) is 5.03. The van der Waals surface area contributed by atoms with Gasteiger partial charge in [-0.1, -0.05) is 80.0 Å². The molecular formula is C55H97NO12Si2. The highest BCUT2D eigenvalue weighted by atomic mass is 28.4. The van der Waals surface area contributed by atoms with E-state index in [9.17, 15) is 24.3 Å². The van der Waals surface area contributed by atoms with Crippen molar-refractivity contribution in [2.24, 2.45) is 23.7 Å². The largest absolute Gasteiger partial charge is 0.456 e. The van der Waals surface area contributed by atoms with Crippen molar-refractivity contribution in [3.05, 3.63) is 23.3 Å². The zero-order chi connectivity index (χ0) is 52.9. The van der Waals surface area contributed by atoms with E-state index in [0.29, 0.717) is 38.5 Å². The maximum atomic E-state index is 15.0. The van der Waals surface area contributed by atoms with E-state index in [2.05, 4.69) is 93.7 Å². The van der Waals surface area contributed by atoms with Gasteiger partial charge in [0.2, 0.25) is 5.78 Å². The molecule has 2 saturated heterocycles. The quantitative estimate of drug-likeness (QED) is 0.0958. The number of aliphatic hydroxyl groups excluding tert-OH is 1. The number of allylic oxidation sites excluding steroid dienone is 3.